The van der Waals surface area contributed by atoms with E-state index in [4.69, 9.17) is 16.0 Å². The molecule has 8 nitrogen and oxygen atoms in total. The molecule has 2 heterocycles. The number of aromatic amines is 1. The van der Waals surface area contributed by atoms with Crippen molar-refractivity contribution in [2.24, 2.45) is 0 Å². The molecule has 0 radical (unpaired) electrons. The predicted octanol–water partition coefficient (Wildman–Crippen LogP) is 0.686. The summed E-state index contributed by atoms with van der Waals surface area (Å²) in [5.74, 6) is 0.673. The minimum absolute atomic E-state index is 0.326. The van der Waals surface area contributed by atoms with Gasteiger partial charge in [0.25, 0.3) is 5.89 Å². The smallest absolute Gasteiger partial charge is 0.258 e. The van der Waals surface area contributed by atoms with Crippen LogP contribution in [0, 0.1) is 0 Å². The fourth-order valence-electron chi connectivity index (χ4n) is 1.55. The van der Waals surface area contributed by atoms with Crippen LogP contribution in [0.1, 0.15) is 0 Å². The first-order valence-corrected chi connectivity index (χ1v) is 5.08. The molecule has 8 heteroatoms. The Balaban J connectivity index is 2.03. The molecule has 0 aliphatic carbocycles. The largest absolute Gasteiger partial charge is 0.399 e. The molecule has 3 rings (SSSR count). The summed E-state index contributed by atoms with van der Waals surface area (Å²) in [4.78, 5) is 4.19. The SMILES string of the molecule is Nc1cc(N)cc(-c2nc(-c3cn[nH]n3)no2)c1. The third kappa shape index (κ3) is 1.75. The maximum atomic E-state index is 5.70. The van der Waals surface area contributed by atoms with E-state index in [-0.39, 0.29) is 0 Å². The molecule has 0 atom stereocenters. The van der Waals surface area contributed by atoms with E-state index in [0.29, 0.717) is 34.3 Å². The molecule has 0 spiro atoms. The van der Waals surface area contributed by atoms with E-state index in [1.807, 2.05) is 0 Å². The highest BCUT2D eigenvalue weighted by Gasteiger charge is 2.13. The summed E-state index contributed by atoms with van der Waals surface area (Å²) in [5.41, 5.74) is 13.6. The Morgan fingerprint density at radius 2 is 1.89 bits per heavy atom. The van der Waals surface area contributed by atoms with Gasteiger partial charge in [-0.3, -0.25) is 0 Å². The third-order valence-corrected chi connectivity index (χ3v) is 2.29. The molecule has 0 saturated carbocycles. The van der Waals surface area contributed by atoms with Crippen molar-refractivity contribution in [2.45, 2.75) is 0 Å². The van der Waals surface area contributed by atoms with Gasteiger partial charge in [-0.1, -0.05) is 5.16 Å². The lowest BCUT2D eigenvalue weighted by molar-refractivity contribution is 0.432. The van der Waals surface area contributed by atoms with Gasteiger partial charge >= 0.3 is 0 Å². The molecule has 2 aromatic heterocycles. The number of anilines is 2. The predicted molar refractivity (Wildman–Crippen MR) is 63.9 cm³/mol. The van der Waals surface area contributed by atoms with Gasteiger partial charge in [-0.05, 0) is 18.2 Å². The van der Waals surface area contributed by atoms with Crippen LogP contribution < -0.4 is 11.5 Å². The molecule has 5 N–H and O–H groups in total. The molecule has 18 heavy (non-hydrogen) atoms. The minimum atomic E-state index is 0.326. The van der Waals surface area contributed by atoms with E-state index < -0.39 is 0 Å². The van der Waals surface area contributed by atoms with Crippen LogP contribution in [0.3, 0.4) is 0 Å². The number of rotatable bonds is 2. The number of nitrogen functional groups attached to an aromatic ring is 2. The Hall–Kier alpha value is -2.90. The number of nitrogens with zero attached hydrogens (tertiary/aromatic N) is 4. The van der Waals surface area contributed by atoms with Gasteiger partial charge in [0.05, 0.1) is 6.20 Å². The zero-order valence-corrected chi connectivity index (χ0v) is 9.16. The molecule has 0 saturated heterocycles. The maximum absolute atomic E-state index is 5.70. The number of benzene rings is 1. The first-order valence-electron chi connectivity index (χ1n) is 5.08. The van der Waals surface area contributed by atoms with Crippen molar-refractivity contribution in [2.75, 3.05) is 11.5 Å². The Morgan fingerprint density at radius 1 is 1.11 bits per heavy atom. The van der Waals surface area contributed by atoms with Crippen LogP contribution in [0.5, 0.6) is 0 Å². The van der Waals surface area contributed by atoms with E-state index in [1.54, 1.807) is 18.2 Å². The van der Waals surface area contributed by atoms with Gasteiger partial charge in [-0.25, -0.2) is 0 Å². The Kier molecular flexibility index (Phi) is 2.19. The molecule has 0 amide bonds. The van der Waals surface area contributed by atoms with Crippen molar-refractivity contribution >= 4 is 11.4 Å². The summed E-state index contributed by atoms with van der Waals surface area (Å²) in [6.07, 6.45) is 1.50. The molecule has 90 valence electrons. The van der Waals surface area contributed by atoms with Crippen LogP contribution in [0.25, 0.3) is 23.0 Å². The lowest BCUT2D eigenvalue weighted by Gasteiger charge is -1.99. The van der Waals surface area contributed by atoms with Gasteiger partial charge in [-0.2, -0.15) is 20.4 Å². The fraction of sp³-hybridized carbons (Fsp3) is 0. The van der Waals surface area contributed by atoms with Crippen molar-refractivity contribution in [3.63, 3.8) is 0 Å². The molecule has 1 aromatic carbocycles. The van der Waals surface area contributed by atoms with Crippen LogP contribution >= 0.6 is 0 Å². The highest BCUT2D eigenvalue weighted by molar-refractivity contribution is 5.67. The Bertz CT molecular complexity index is 653. The number of H-pyrrole nitrogens is 1. The molecular formula is C10H9N7O. The van der Waals surface area contributed by atoms with Crippen molar-refractivity contribution < 1.29 is 4.52 Å². The Labute approximate surface area is 101 Å². The van der Waals surface area contributed by atoms with Crippen LogP contribution in [-0.4, -0.2) is 25.6 Å². The number of nitrogens with one attached hydrogen (secondary N) is 1. The second-order valence-electron chi connectivity index (χ2n) is 3.67. The molecule has 3 aromatic rings. The highest BCUT2D eigenvalue weighted by Crippen LogP contribution is 2.24. The summed E-state index contributed by atoms with van der Waals surface area (Å²) in [5, 5.41) is 13.8. The lowest BCUT2D eigenvalue weighted by atomic mass is 10.2. The van der Waals surface area contributed by atoms with Crippen LogP contribution in [0.15, 0.2) is 28.9 Å². The van der Waals surface area contributed by atoms with Crippen molar-refractivity contribution in [3.05, 3.63) is 24.4 Å². The van der Waals surface area contributed by atoms with Gasteiger partial charge in [0.15, 0.2) is 5.69 Å². The maximum Gasteiger partial charge on any atom is 0.258 e. The first kappa shape index (κ1) is 10.3. The fourth-order valence-corrected chi connectivity index (χ4v) is 1.55. The molecule has 0 aliphatic rings. The van der Waals surface area contributed by atoms with Gasteiger partial charge in [0.1, 0.15) is 0 Å². The lowest BCUT2D eigenvalue weighted by Crippen LogP contribution is -1.91. The van der Waals surface area contributed by atoms with Crippen molar-refractivity contribution in [1.29, 1.82) is 0 Å². The number of aromatic nitrogens is 5. The molecule has 0 fully saturated rings. The summed E-state index contributed by atoms with van der Waals surface area (Å²) in [7, 11) is 0. The van der Waals surface area contributed by atoms with E-state index in [9.17, 15) is 0 Å². The molecular weight excluding hydrogens is 234 g/mol. The summed E-state index contributed by atoms with van der Waals surface area (Å²) >= 11 is 0. The van der Waals surface area contributed by atoms with Crippen LogP contribution in [-0.2, 0) is 0 Å². The number of nitrogens with two attached hydrogens (primary N) is 2. The van der Waals surface area contributed by atoms with Gasteiger partial charge in [0.2, 0.25) is 5.82 Å². The summed E-state index contributed by atoms with van der Waals surface area (Å²) in [6.45, 7) is 0. The second-order valence-corrected chi connectivity index (χ2v) is 3.67. The third-order valence-electron chi connectivity index (χ3n) is 2.29. The van der Waals surface area contributed by atoms with Gasteiger partial charge in [-0.15, -0.1) is 0 Å². The summed E-state index contributed by atoms with van der Waals surface area (Å²) < 4.78 is 5.13. The number of hydrogen-bond donors (Lipinski definition) is 3. The zero-order valence-electron chi connectivity index (χ0n) is 9.16. The molecule has 0 unspecified atom stereocenters. The Morgan fingerprint density at radius 3 is 2.56 bits per heavy atom. The average molecular weight is 243 g/mol. The van der Waals surface area contributed by atoms with Crippen LogP contribution in [0.2, 0.25) is 0 Å². The van der Waals surface area contributed by atoms with E-state index in [1.165, 1.54) is 6.20 Å². The van der Waals surface area contributed by atoms with E-state index in [2.05, 4.69) is 25.6 Å². The van der Waals surface area contributed by atoms with Crippen molar-refractivity contribution in [3.8, 4) is 23.0 Å². The van der Waals surface area contributed by atoms with E-state index in [0.717, 1.165) is 0 Å². The minimum Gasteiger partial charge on any atom is -0.399 e. The first-order chi connectivity index (χ1) is 8.72. The normalized spacial score (nSPS) is 10.7. The van der Waals surface area contributed by atoms with Crippen molar-refractivity contribution in [1.82, 2.24) is 25.6 Å². The topological polar surface area (TPSA) is 133 Å². The zero-order chi connectivity index (χ0) is 12.5. The molecule has 0 bridgehead atoms. The van der Waals surface area contributed by atoms with Gasteiger partial charge in [0, 0.05) is 16.9 Å². The van der Waals surface area contributed by atoms with Crippen LogP contribution in [0.4, 0.5) is 11.4 Å². The molecule has 0 aliphatic heterocycles. The summed E-state index contributed by atoms with van der Waals surface area (Å²) in [6, 6.07) is 5.06. The number of hydrogen-bond acceptors (Lipinski definition) is 7. The highest BCUT2D eigenvalue weighted by atomic mass is 16.5. The average Bonchev–Trinajstić information content (AvgIpc) is 2.99. The second kappa shape index (κ2) is 3.84. The monoisotopic (exact) mass is 243 g/mol. The standard InChI is InChI=1S/C10H9N7O/c11-6-1-5(2-7(12)3-6)10-14-9(16-18-10)8-4-13-17-15-8/h1-4H,11-12H2,(H,13,15,17). The van der Waals surface area contributed by atoms with Gasteiger partial charge < -0.3 is 16.0 Å². The van der Waals surface area contributed by atoms with E-state index >= 15 is 0 Å². The quantitative estimate of drug-likeness (QED) is 0.564.